The second-order valence-corrected chi connectivity index (χ2v) is 11.4. The molecule has 10 heteroatoms. The summed E-state index contributed by atoms with van der Waals surface area (Å²) in [4.78, 5) is 59.4. The van der Waals surface area contributed by atoms with Crippen LogP contribution in [0.3, 0.4) is 0 Å². The monoisotopic (exact) mass is 562 g/mol. The minimum Gasteiger partial charge on any atom is -0.480 e. The summed E-state index contributed by atoms with van der Waals surface area (Å²) in [7, 11) is 0. The molecule has 2 heterocycles. The Morgan fingerprint density at radius 1 is 1.12 bits per heavy atom. The highest BCUT2D eigenvalue weighted by Crippen LogP contribution is 2.34. The minimum atomic E-state index is -1.31. The Hall–Kier alpha value is -4.18. The molecule has 218 valence electrons. The molecule has 0 spiro atoms. The standard InChI is InChI=1S/C31H38N4O6/c1-5-6-14-25(28(37)34-24-15-10-7-11-19(24)17-26(34)29(38)39)35(30(40)41-31(2,3)4)27(36)22(32)16-20-18-33-23-13-9-8-12-21(20)23/h7-13,15,18,22,25-26,33H,5-6,14,16-17,32H2,1-4H3,(H,38,39)/t22-,25-,26-/m0/s1. The van der Waals surface area contributed by atoms with Crippen molar-refractivity contribution in [2.24, 2.45) is 5.73 Å². The van der Waals surface area contributed by atoms with Gasteiger partial charge in [0.1, 0.15) is 17.7 Å². The summed E-state index contributed by atoms with van der Waals surface area (Å²) in [5.41, 5.74) is 8.31. The first kappa shape index (κ1) is 29.8. The van der Waals surface area contributed by atoms with Crippen LogP contribution in [0.2, 0.25) is 0 Å². The molecule has 3 aromatic rings. The lowest BCUT2D eigenvalue weighted by atomic mass is 10.0. The third-order valence-electron chi connectivity index (χ3n) is 7.19. The van der Waals surface area contributed by atoms with E-state index in [9.17, 15) is 24.3 Å². The second-order valence-electron chi connectivity index (χ2n) is 11.4. The van der Waals surface area contributed by atoms with E-state index in [1.165, 1.54) is 4.90 Å². The largest absolute Gasteiger partial charge is 0.480 e. The highest BCUT2D eigenvalue weighted by molar-refractivity contribution is 6.08. The van der Waals surface area contributed by atoms with Crippen LogP contribution in [0, 0.1) is 0 Å². The van der Waals surface area contributed by atoms with Crippen molar-refractivity contribution >= 4 is 40.5 Å². The SMILES string of the molecule is CCCC[C@@H](C(=O)N1c2ccccc2C[C@H]1C(=O)O)N(C(=O)OC(C)(C)C)C(=O)[C@@H](N)Cc1c[nH]c2ccccc12. The van der Waals surface area contributed by atoms with Crippen molar-refractivity contribution in [3.8, 4) is 0 Å². The molecule has 1 aliphatic rings. The molecule has 4 N–H and O–H groups in total. The predicted molar refractivity (Wildman–Crippen MR) is 155 cm³/mol. The summed E-state index contributed by atoms with van der Waals surface area (Å²) in [6, 6.07) is 10.9. The van der Waals surface area contributed by atoms with Crippen molar-refractivity contribution in [2.45, 2.75) is 83.5 Å². The van der Waals surface area contributed by atoms with E-state index in [0.717, 1.165) is 21.4 Å². The fraction of sp³-hybridized carbons (Fsp3) is 0.419. The Balaban J connectivity index is 1.73. The number of carboxylic acid groups (broad SMARTS) is 1. The van der Waals surface area contributed by atoms with Crippen molar-refractivity contribution in [3.63, 3.8) is 0 Å². The molecular weight excluding hydrogens is 524 g/mol. The van der Waals surface area contributed by atoms with Crippen molar-refractivity contribution in [2.75, 3.05) is 4.90 Å². The number of unbranched alkanes of at least 4 members (excludes halogenated alkanes) is 1. The summed E-state index contributed by atoms with van der Waals surface area (Å²) >= 11 is 0. The first-order chi connectivity index (χ1) is 19.4. The van der Waals surface area contributed by atoms with Gasteiger partial charge in [-0.05, 0) is 56.9 Å². The molecule has 0 saturated heterocycles. The molecule has 2 aromatic carbocycles. The number of anilines is 1. The Bertz CT molecular complexity index is 1440. The molecule has 0 aliphatic carbocycles. The maximum absolute atomic E-state index is 14.3. The van der Waals surface area contributed by atoms with Gasteiger partial charge in [0.2, 0.25) is 5.91 Å². The summed E-state index contributed by atoms with van der Waals surface area (Å²) in [6.07, 6.45) is 2.33. The third kappa shape index (κ3) is 6.43. The smallest absolute Gasteiger partial charge is 0.417 e. The number of nitrogens with two attached hydrogens (primary N) is 1. The Kier molecular flexibility index (Phi) is 8.82. The van der Waals surface area contributed by atoms with Gasteiger partial charge in [0.15, 0.2) is 0 Å². The fourth-order valence-corrected chi connectivity index (χ4v) is 5.26. The van der Waals surface area contributed by atoms with Crippen LogP contribution in [0.25, 0.3) is 10.9 Å². The van der Waals surface area contributed by atoms with Crippen LogP contribution in [0.5, 0.6) is 0 Å². The topological polar surface area (TPSA) is 146 Å². The molecule has 41 heavy (non-hydrogen) atoms. The van der Waals surface area contributed by atoms with Crippen molar-refractivity contribution < 1.29 is 29.0 Å². The van der Waals surface area contributed by atoms with Crippen LogP contribution < -0.4 is 10.6 Å². The van der Waals surface area contributed by atoms with Gasteiger partial charge in [-0.25, -0.2) is 14.5 Å². The lowest BCUT2D eigenvalue weighted by molar-refractivity contribution is -0.142. The van der Waals surface area contributed by atoms with Crippen LogP contribution in [0.4, 0.5) is 10.5 Å². The summed E-state index contributed by atoms with van der Waals surface area (Å²) in [5.74, 6) is -2.59. The Morgan fingerprint density at radius 2 is 1.80 bits per heavy atom. The average molecular weight is 563 g/mol. The number of carboxylic acids is 1. The number of para-hydroxylation sites is 2. The van der Waals surface area contributed by atoms with Gasteiger partial charge < -0.3 is 20.6 Å². The molecule has 0 radical (unpaired) electrons. The van der Waals surface area contributed by atoms with E-state index in [0.29, 0.717) is 24.1 Å². The highest BCUT2D eigenvalue weighted by Gasteiger charge is 2.46. The number of ether oxygens (including phenoxy) is 1. The lowest BCUT2D eigenvalue weighted by Gasteiger charge is -2.35. The highest BCUT2D eigenvalue weighted by atomic mass is 16.6. The maximum Gasteiger partial charge on any atom is 0.417 e. The van der Waals surface area contributed by atoms with Crippen LogP contribution in [-0.2, 0) is 32.0 Å². The molecule has 3 atom stereocenters. The number of imide groups is 1. The van der Waals surface area contributed by atoms with E-state index in [-0.39, 0.29) is 19.3 Å². The molecule has 10 nitrogen and oxygen atoms in total. The summed E-state index contributed by atoms with van der Waals surface area (Å²) in [6.45, 7) is 6.92. The number of rotatable bonds is 9. The van der Waals surface area contributed by atoms with Gasteiger partial charge in [-0.1, -0.05) is 56.2 Å². The summed E-state index contributed by atoms with van der Waals surface area (Å²) in [5, 5.41) is 10.9. The minimum absolute atomic E-state index is 0.112. The van der Waals surface area contributed by atoms with Gasteiger partial charge in [0, 0.05) is 29.2 Å². The number of carbonyl (C=O) groups excluding carboxylic acids is 3. The lowest BCUT2D eigenvalue weighted by Crippen LogP contribution is -2.59. The first-order valence-corrected chi connectivity index (χ1v) is 13.9. The Labute approximate surface area is 239 Å². The molecule has 0 unspecified atom stereocenters. The molecule has 1 aliphatic heterocycles. The van der Waals surface area contributed by atoms with Crippen molar-refractivity contribution in [1.82, 2.24) is 9.88 Å². The predicted octanol–water partition coefficient (Wildman–Crippen LogP) is 4.40. The molecular formula is C31H38N4O6. The molecule has 4 rings (SSSR count). The number of fused-ring (bicyclic) bond motifs is 2. The summed E-state index contributed by atoms with van der Waals surface area (Å²) < 4.78 is 5.61. The molecule has 1 aromatic heterocycles. The van der Waals surface area contributed by atoms with E-state index in [2.05, 4.69) is 4.98 Å². The quantitative estimate of drug-likeness (QED) is 0.350. The molecule has 3 amide bonds. The van der Waals surface area contributed by atoms with Crippen LogP contribution >= 0.6 is 0 Å². The van der Waals surface area contributed by atoms with Gasteiger partial charge in [-0.15, -0.1) is 0 Å². The number of hydrogen-bond acceptors (Lipinski definition) is 6. The zero-order valence-corrected chi connectivity index (χ0v) is 23.9. The van der Waals surface area contributed by atoms with Crippen LogP contribution in [0.1, 0.15) is 58.1 Å². The molecule has 0 fully saturated rings. The van der Waals surface area contributed by atoms with Gasteiger partial charge in [-0.3, -0.25) is 14.5 Å². The van der Waals surface area contributed by atoms with Gasteiger partial charge >= 0.3 is 12.1 Å². The number of aromatic nitrogens is 1. The Morgan fingerprint density at radius 3 is 2.49 bits per heavy atom. The van der Waals surface area contributed by atoms with Crippen molar-refractivity contribution in [1.29, 1.82) is 0 Å². The first-order valence-electron chi connectivity index (χ1n) is 13.9. The third-order valence-corrected chi connectivity index (χ3v) is 7.19. The van der Waals surface area contributed by atoms with Gasteiger partial charge in [0.25, 0.3) is 5.91 Å². The number of H-pyrrole nitrogens is 1. The number of nitrogens with one attached hydrogen (secondary N) is 1. The van der Waals surface area contributed by atoms with E-state index < -0.39 is 47.6 Å². The number of aromatic amines is 1. The van der Waals surface area contributed by atoms with E-state index >= 15 is 0 Å². The van der Waals surface area contributed by atoms with Gasteiger partial charge in [0.05, 0.1) is 6.04 Å². The van der Waals surface area contributed by atoms with E-state index in [4.69, 9.17) is 10.5 Å². The van der Waals surface area contributed by atoms with E-state index in [1.807, 2.05) is 31.2 Å². The normalized spacial score (nSPS) is 16.2. The number of aliphatic carboxylic acids is 1. The zero-order valence-electron chi connectivity index (χ0n) is 23.9. The van der Waals surface area contributed by atoms with Crippen LogP contribution in [0.15, 0.2) is 54.7 Å². The average Bonchev–Trinajstić information content (AvgIpc) is 3.51. The van der Waals surface area contributed by atoms with Gasteiger partial charge in [-0.2, -0.15) is 0 Å². The molecule has 0 saturated carbocycles. The number of amides is 3. The number of hydrogen-bond donors (Lipinski definition) is 3. The van der Waals surface area contributed by atoms with Crippen molar-refractivity contribution in [3.05, 3.63) is 65.9 Å². The number of carbonyl (C=O) groups is 4. The fourth-order valence-electron chi connectivity index (χ4n) is 5.26. The van der Waals surface area contributed by atoms with Crippen LogP contribution in [-0.4, -0.2) is 62.6 Å². The number of benzene rings is 2. The zero-order chi connectivity index (χ0) is 29.9. The maximum atomic E-state index is 14.3. The second kappa shape index (κ2) is 12.1. The van der Waals surface area contributed by atoms with E-state index in [1.54, 1.807) is 51.2 Å². The number of nitrogens with zero attached hydrogens (tertiary/aromatic N) is 2. The molecule has 0 bridgehead atoms.